The third kappa shape index (κ3) is 2.64. The van der Waals surface area contributed by atoms with Crippen LogP contribution in [0.15, 0.2) is 40.9 Å². The van der Waals surface area contributed by atoms with E-state index in [-0.39, 0.29) is 6.04 Å². The van der Waals surface area contributed by atoms with Crippen molar-refractivity contribution in [1.29, 1.82) is 0 Å². The summed E-state index contributed by atoms with van der Waals surface area (Å²) in [6.07, 6.45) is 0. The van der Waals surface area contributed by atoms with Crippen LogP contribution in [0.2, 0.25) is 5.02 Å². The van der Waals surface area contributed by atoms with Gasteiger partial charge in [0.2, 0.25) is 0 Å². The Kier molecular flexibility index (Phi) is 3.87. The van der Waals surface area contributed by atoms with Gasteiger partial charge in [0.25, 0.3) is 0 Å². The molecule has 0 amide bonds. The summed E-state index contributed by atoms with van der Waals surface area (Å²) >= 11 is 9.45. The molecule has 0 aliphatic carbocycles. The van der Waals surface area contributed by atoms with Crippen LogP contribution in [0.1, 0.15) is 17.2 Å². The van der Waals surface area contributed by atoms with Crippen LogP contribution in [0.25, 0.3) is 0 Å². The Morgan fingerprint density at radius 1 is 1.05 bits per heavy atom. The standard InChI is InChI=1S/C15H13BrClNO2/c16-12-8-14-13(19-5-6-20-14)7-11(12)15(18)9-1-3-10(17)4-2-9/h1-4,7-8,15H,5-6,18H2. The van der Waals surface area contributed by atoms with Gasteiger partial charge in [0, 0.05) is 9.50 Å². The zero-order valence-corrected chi connectivity index (χ0v) is 12.9. The predicted molar refractivity (Wildman–Crippen MR) is 82.6 cm³/mol. The third-order valence-corrected chi connectivity index (χ3v) is 4.16. The van der Waals surface area contributed by atoms with E-state index in [9.17, 15) is 0 Å². The van der Waals surface area contributed by atoms with Gasteiger partial charge in [-0.25, -0.2) is 0 Å². The van der Waals surface area contributed by atoms with Gasteiger partial charge in [0.1, 0.15) is 13.2 Å². The fourth-order valence-corrected chi connectivity index (χ4v) is 2.86. The van der Waals surface area contributed by atoms with Gasteiger partial charge in [0.05, 0.1) is 6.04 Å². The molecule has 0 aromatic heterocycles. The quantitative estimate of drug-likeness (QED) is 0.889. The summed E-state index contributed by atoms with van der Waals surface area (Å²) in [6.45, 7) is 1.13. The molecule has 1 aliphatic rings. The van der Waals surface area contributed by atoms with Crippen molar-refractivity contribution in [3.05, 3.63) is 57.0 Å². The zero-order chi connectivity index (χ0) is 14.1. The van der Waals surface area contributed by atoms with E-state index >= 15 is 0 Å². The van der Waals surface area contributed by atoms with Crippen LogP contribution in [-0.4, -0.2) is 13.2 Å². The molecule has 0 saturated carbocycles. The minimum atomic E-state index is -0.252. The highest BCUT2D eigenvalue weighted by atomic mass is 79.9. The van der Waals surface area contributed by atoms with Crippen molar-refractivity contribution in [2.75, 3.05) is 13.2 Å². The van der Waals surface area contributed by atoms with Crippen LogP contribution in [0.4, 0.5) is 0 Å². The average molecular weight is 355 g/mol. The lowest BCUT2D eigenvalue weighted by molar-refractivity contribution is 0.171. The van der Waals surface area contributed by atoms with E-state index in [2.05, 4.69) is 15.9 Å². The lowest BCUT2D eigenvalue weighted by atomic mass is 9.99. The lowest BCUT2D eigenvalue weighted by Crippen LogP contribution is -2.17. The van der Waals surface area contributed by atoms with Crippen molar-refractivity contribution in [2.45, 2.75) is 6.04 Å². The molecule has 1 aliphatic heterocycles. The SMILES string of the molecule is NC(c1ccc(Cl)cc1)c1cc2c(cc1Br)OCCO2. The molecule has 2 aromatic carbocycles. The van der Waals surface area contributed by atoms with Crippen molar-refractivity contribution in [3.8, 4) is 11.5 Å². The molecule has 3 nitrogen and oxygen atoms in total. The molecule has 1 unspecified atom stereocenters. The molecule has 1 atom stereocenters. The maximum absolute atomic E-state index is 6.33. The third-order valence-electron chi connectivity index (χ3n) is 3.23. The van der Waals surface area contributed by atoms with Crippen LogP contribution in [0.5, 0.6) is 11.5 Å². The summed E-state index contributed by atoms with van der Waals surface area (Å²) in [4.78, 5) is 0. The first-order valence-corrected chi connectivity index (χ1v) is 7.42. The van der Waals surface area contributed by atoms with Crippen LogP contribution in [-0.2, 0) is 0 Å². The first kappa shape index (κ1) is 13.7. The van der Waals surface area contributed by atoms with Crippen LogP contribution in [0, 0.1) is 0 Å². The Balaban J connectivity index is 1.98. The van der Waals surface area contributed by atoms with E-state index in [0.29, 0.717) is 18.2 Å². The zero-order valence-electron chi connectivity index (χ0n) is 10.6. The number of rotatable bonds is 2. The van der Waals surface area contributed by atoms with Crippen molar-refractivity contribution in [2.24, 2.45) is 5.73 Å². The Hall–Kier alpha value is -1.23. The van der Waals surface area contributed by atoms with Gasteiger partial charge in [-0.2, -0.15) is 0 Å². The maximum Gasteiger partial charge on any atom is 0.162 e. The molecule has 0 radical (unpaired) electrons. The fourth-order valence-electron chi connectivity index (χ4n) is 2.17. The minimum Gasteiger partial charge on any atom is -0.486 e. The molecule has 20 heavy (non-hydrogen) atoms. The molecule has 0 fully saturated rings. The second-order valence-corrected chi connectivity index (χ2v) is 5.84. The Bertz CT molecular complexity index is 631. The first-order valence-electron chi connectivity index (χ1n) is 6.25. The lowest BCUT2D eigenvalue weighted by Gasteiger charge is -2.22. The second kappa shape index (κ2) is 5.64. The average Bonchev–Trinajstić information content (AvgIpc) is 2.46. The molecule has 1 heterocycles. The number of ether oxygens (including phenoxy) is 2. The number of benzene rings is 2. The highest BCUT2D eigenvalue weighted by Gasteiger charge is 2.19. The Morgan fingerprint density at radius 3 is 2.30 bits per heavy atom. The smallest absolute Gasteiger partial charge is 0.162 e. The Labute approximate surface area is 130 Å². The highest BCUT2D eigenvalue weighted by Crippen LogP contribution is 2.38. The number of fused-ring (bicyclic) bond motifs is 1. The summed E-state index contributed by atoms with van der Waals surface area (Å²) in [7, 11) is 0. The van der Waals surface area contributed by atoms with E-state index in [1.807, 2.05) is 36.4 Å². The van der Waals surface area contributed by atoms with E-state index in [1.54, 1.807) is 0 Å². The van der Waals surface area contributed by atoms with E-state index in [4.69, 9.17) is 26.8 Å². The normalized spacial score (nSPS) is 14.9. The monoisotopic (exact) mass is 353 g/mol. The first-order chi connectivity index (χ1) is 9.65. The van der Waals surface area contributed by atoms with Crippen molar-refractivity contribution >= 4 is 27.5 Å². The molecule has 104 valence electrons. The molecule has 0 spiro atoms. The van der Waals surface area contributed by atoms with E-state index in [0.717, 1.165) is 27.1 Å². The summed E-state index contributed by atoms with van der Waals surface area (Å²) in [5.74, 6) is 1.48. The summed E-state index contributed by atoms with van der Waals surface area (Å²) in [5, 5.41) is 0.696. The summed E-state index contributed by atoms with van der Waals surface area (Å²) in [5.41, 5.74) is 8.28. The predicted octanol–water partition coefficient (Wildman–Crippen LogP) is 3.92. The number of hydrogen-bond acceptors (Lipinski definition) is 3. The van der Waals surface area contributed by atoms with Crippen molar-refractivity contribution < 1.29 is 9.47 Å². The van der Waals surface area contributed by atoms with Gasteiger partial charge in [0.15, 0.2) is 11.5 Å². The molecule has 2 aromatic rings. The molecular weight excluding hydrogens is 342 g/mol. The van der Waals surface area contributed by atoms with Crippen LogP contribution < -0.4 is 15.2 Å². The molecule has 5 heteroatoms. The Morgan fingerprint density at radius 2 is 1.65 bits per heavy atom. The molecule has 2 N–H and O–H groups in total. The van der Waals surface area contributed by atoms with E-state index < -0.39 is 0 Å². The summed E-state index contributed by atoms with van der Waals surface area (Å²) < 4.78 is 12.1. The van der Waals surface area contributed by atoms with Gasteiger partial charge in [-0.1, -0.05) is 39.7 Å². The van der Waals surface area contributed by atoms with Crippen LogP contribution >= 0.6 is 27.5 Å². The number of nitrogens with two attached hydrogens (primary N) is 1. The highest BCUT2D eigenvalue weighted by molar-refractivity contribution is 9.10. The number of halogens is 2. The van der Waals surface area contributed by atoms with E-state index in [1.165, 1.54) is 0 Å². The van der Waals surface area contributed by atoms with Gasteiger partial charge in [-0.15, -0.1) is 0 Å². The molecule has 3 rings (SSSR count). The summed E-state index contributed by atoms with van der Waals surface area (Å²) in [6, 6.07) is 11.1. The maximum atomic E-state index is 6.33. The van der Waals surface area contributed by atoms with Gasteiger partial charge in [-0.05, 0) is 35.4 Å². The second-order valence-electron chi connectivity index (χ2n) is 4.55. The van der Waals surface area contributed by atoms with Gasteiger partial charge < -0.3 is 15.2 Å². The van der Waals surface area contributed by atoms with Gasteiger partial charge >= 0.3 is 0 Å². The van der Waals surface area contributed by atoms with Crippen molar-refractivity contribution in [3.63, 3.8) is 0 Å². The number of hydrogen-bond donors (Lipinski definition) is 1. The largest absolute Gasteiger partial charge is 0.486 e. The fraction of sp³-hybridized carbons (Fsp3) is 0.200. The molecule has 0 saturated heterocycles. The van der Waals surface area contributed by atoms with Gasteiger partial charge in [-0.3, -0.25) is 0 Å². The minimum absolute atomic E-state index is 0.252. The van der Waals surface area contributed by atoms with Crippen LogP contribution in [0.3, 0.4) is 0 Å². The molecule has 0 bridgehead atoms. The molecular formula is C15H13BrClNO2. The topological polar surface area (TPSA) is 44.5 Å². The van der Waals surface area contributed by atoms with Crippen molar-refractivity contribution in [1.82, 2.24) is 0 Å².